The first kappa shape index (κ1) is 24.3. The lowest BCUT2D eigenvalue weighted by molar-refractivity contribution is -0.130. The van der Waals surface area contributed by atoms with E-state index < -0.39 is 0 Å². The minimum absolute atomic E-state index is 0.0412. The van der Waals surface area contributed by atoms with Gasteiger partial charge in [-0.05, 0) is 42.0 Å². The summed E-state index contributed by atoms with van der Waals surface area (Å²) in [5.41, 5.74) is 4.04. The zero-order valence-electron chi connectivity index (χ0n) is 20.7. The van der Waals surface area contributed by atoms with Crippen LogP contribution in [0.5, 0.6) is 0 Å². The van der Waals surface area contributed by atoms with E-state index in [0.29, 0.717) is 44.3 Å². The van der Waals surface area contributed by atoms with Crippen LogP contribution in [0.1, 0.15) is 39.3 Å². The number of H-pyrrole nitrogens is 1. The van der Waals surface area contributed by atoms with E-state index in [1.54, 1.807) is 28.1 Å². The van der Waals surface area contributed by atoms with E-state index in [4.69, 9.17) is 4.42 Å². The summed E-state index contributed by atoms with van der Waals surface area (Å²) >= 11 is 1.76. The highest BCUT2D eigenvalue weighted by Gasteiger charge is 2.25. The maximum Gasteiger partial charge on any atom is 0.275 e. The largest absolute Gasteiger partial charge is 0.447 e. The van der Waals surface area contributed by atoms with Gasteiger partial charge in [-0.1, -0.05) is 18.2 Å². The van der Waals surface area contributed by atoms with Crippen molar-refractivity contribution in [1.82, 2.24) is 24.7 Å². The Morgan fingerprint density at radius 3 is 2.64 bits per heavy atom. The number of amides is 2. The molecule has 0 aliphatic carbocycles. The molecule has 0 bridgehead atoms. The summed E-state index contributed by atoms with van der Waals surface area (Å²) in [6.07, 6.45) is 4.44. The summed E-state index contributed by atoms with van der Waals surface area (Å²) < 4.78 is 5.76. The molecule has 0 radical (unpaired) electrons. The molecule has 0 spiro atoms. The summed E-state index contributed by atoms with van der Waals surface area (Å²) in [7, 11) is 0. The van der Waals surface area contributed by atoms with Crippen LogP contribution in [0, 0.1) is 6.92 Å². The Balaban J connectivity index is 1.26. The van der Waals surface area contributed by atoms with Crippen molar-refractivity contribution >= 4 is 34.1 Å². The van der Waals surface area contributed by atoms with Crippen LogP contribution in [0.15, 0.2) is 52.6 Å². The highest BCUT2D eigenvalue weighted by molar-refractivity contribution is 7.10. The molecule has 4 heterocycles. The first-order chi connectivity index (χ1) is 17.5. The number of hydrogen-bond acceptors (Lipinski definition) is 6. The fourth-order valence-corrected chi connectivity index (χ4v) is 5.61. The molecular weight excluding hydrogens is 474 g/mol. The number of aromatic nitrogens is 2. The third-order valence-electron chi connectivity index (χ3n) is 6.85. The number of hydrogen-bond donors (Lipinski definition) is 1. The summed E-state index contributed by atoms with van der Waals surface area (Å²) in [5, 5.41) is 3.37. The predicted molar refractivity (Wildman–Crippen MR) is 140 cm³/mol. The van der Waals surface area contributed by atoms with Crippen molar-refractivity contribution in [3.8, 4) is 0 Å². The quantitative estimate of drug-likeness (QED) is 0.390. The van der Waals surface area contributed by atoms with Gasteiger partial charge in [0.2, 0.25) is 11.8 Å². The molecule has 0 atom stereocenters. The van der Waals surface area contributed by atoms with Crippen LogP contribution in [-0.4, -0.2) is 69.2 Å². The molecule has 1 saturated heterocycles. The number of aromatic amines is 1. The van der Waals surface area contributed by atoms with Gasteiger partial charge in [-0.2, -0.15) is 0 Å². The van der Waals surface area contributed by atoms with Gasteiger partial charge in [0, 0.05) is 68.2 Å². The lowest BCUT2D eigenvalue weighted by Crippen LogP contribution is -2.50. The Morgan fingerprint density at radius 1 is 1.11 bits per heavy atom. The van der Waals surface area contributed by atoms with Crippen LogP contribution in [0.3, 0.4) is 0 Å². The van der Waals surface area contributed by atoms with E-state index >= 15 is 0 Å². The second kappa shape index (κ2) is 10.7. The zero-order valence-corrected chi connectivity index (χ0v) is 21.5. The van der Waals surface area contributed by atoms with Crippen molar-refractivity contribution in [2.75, 3.05) is 32.7 Å². The number of thiophene rings is 1. The van der Waals surface area contributed by atoms with Gasteiger partial charge in [0.15, 0.2) is 5.69 Å². The number of rotatable bonds is 8. The fraction of sp³-hybridized carbons (Fsp3) is 0.370. The van der Waals surface area contributed by atoms with Crippen molar-refractivity contribution in [2.45, 2.75) is 33.4 Å². The van der Waals surface area contributed by atoms with Gasteiger partial charge >= 0.3 is 0 Å². The number of carbonyl (C=O) groups is 2. The van der Waals surface area contributed by atoms with Gasteiger partial charge in [-0.15, -0.1) is 11.3 Å². The smallest absolute Gasteiger partial charge is 0.275 e. The fourth-order valence-electron chi connectivity index (χ4n) is 4.66. The Labute approximate surface area is 214 Å². The minimum atomic E-state index is -0.146. The van der Waals surface area contributed by atoms with E-state index in [1.165, 1.54) is 27.7 Å². The van der Waals surface area contributed by atoms with Crippen LogP contribution < -0.4 is 0 Å². The van der Waals surface area contributed by atoms with Gasteiger partial charge < -0.3 is 19.2 Å². The molecule has 9 heteroatoms. The Morgan fingerprint density at radius 2 is 1.89 bits per heavy atom. The SMILES string of the molecule is CC(=O)N1CCN(C(=O)c2coc(CN(CCc3c[nH]c4ccccc34)Cc3sccc3C)n2)CC1. The van der Waals surface area contributed by atoms with Crippen molar-refractivity contribution < 1.29 is 14.0 Å². The van der Waals surface area contributed by atoms with Crippen molar-refractivity contribution in [1.29, 1.82) is 0 Å². The average molecular weight is 506 g/mol. The Bertz CT molecular complexity index is 1350. The molecule has 8 nitrogen and oxygen atoms in total. The number of piperazine rings is 1. The molecule has 1 aliphatic rings. The molecule has 4 aromatic rings. The number of nitrogens with zero attached hydrogens (tertiary/aromatic N) is 4. The number of nitrogens with one attached hydrogen (secondary N) is 1. The first-order valence-corrected chi connectivity index (χ1v) is 13.2. The van der Waals surface area contributed by atoms with Gasteiger partial charge in [0.1, 0.15) is 6.26 Å². The van der Waals surface area contributed by atoms with E-state index in [1.807, 2.05) is 6.07 Å². The second-order valence-electron chi connectivity index (χ2n) is 9.27. The van der Waals surface area contributed by atoms with E-state index in [9.17, 15) is 9.59 Å². The van der Waals surface area contributed by atoms with Crippen molar-refractivity contribution in [3.05, 3.63) is 75.8 Å². The van der Waals surface area contributed by atoms with Crippen molar-refractivity contribution in [3.63, 3.8) is 0 Å². The number of fused-ring (bicyclic) bond motifs is 1. The molecule has 1 aliphatic heterocycles. The maximum absolute atomic E-state index is 13.0. The lowest BCUT2D eigenvalue weighted by Gasteiger charge is -2.33. The summed E-state index contributed by atoms with van der Waals surface area (Å²) in [4.78, 5) is 39.6. The minimum Gasteiger partial charge on any atom is -0.447 e. The number of para-hydroxylation sites is 1. The molecule has 3 aromatic heterocycles. The predicted octanol–water partition coefficient (Wildman–Crippen LogP) is 4.08. The number of aryl methyl sites for hydroxylation is 1. The van der Waals surface area contributed by atoms with Crippen LogP contribution in [-0.2, 0) is 24.3 Å². The molecule has 1 N–H and O–H groups in total. The third-order valence-corrected chi connectivity index (χ3v) is 7.86. The summed E-state index contributed by atoms with van der Waals surface area (Å²) in [5.74, 6) is 0.432. The molecule has 0 saturated carbocycles. The molecule has 5 rings (SSSR count). The zero-order chi connectivity index (χ0) is 25.1. The van der Waals surface area contributed by atoms with Gasteiger partial charge in [-0.25, -0.2) is 4.98 Å². The molecule has 2 amide bonds. The summed E-state index contributed by atoms with van der Waals surface area (Å²) in [6, 6.07) is 10.5. The van der Waals surface area contributed by atoms with E-state index in [0.717, 1.165) is 25.0 Å². The first-order valence-electron chi connectivity index (χ1n) is 12.3. The topological polar surface area (TPSA) is 85.7 Å². The monoisotopic (exact) mass is 505 g/mol. The second-order valence-corrected chi connectivity index (χ2v) is 10.3. The third kappa shape index (κ3) is 5.37. The lowest BCUT2D eigenvalue weighted by atomic mass is 10.1. The molecule has 1 fully saturated rings. The number of oxazole rings is 1. The molecule has 188 valence electrons. The van der Waals surface area contributed by atoms with Gasteiger partial charge in [0.05, 0.1) is 6.54 Å². The highest BCUT2D eigenvalue weighted by Crippen LogP contribution is 2.22. The standard InChI is InChI=1S/C27H31N5O3S/c1-19-8-14-36-25(19)16-30(9-7-21-15-28-23-6-4-3-5-22(21)23)17-26-29-24(18-35-26)27(34)32-12-10-31(11-13-32)20(2)33/h3-6,8,14-15,18,28H,7,9-13,16-17H2,1-2H3. The van der Waals surface area contributed by atoms with E-state index in [2.05, 4.69) is 57.6 Å². The van der Waals surface area contributed by atoms with Crippen LogP contribution in [0.2, 0.25) is 0 Å². The normalized spacial score (nSPS) is 14.2. The Hall–Kier alpha value is -3.43. The van der Waals surface area contributed by atoms with Crippen LogP contribution >= 0.6 is 11.3 Å². The van der Waals surface area contributed by atoms with Crippen molar-refractivity contribution in [2.24, 2.45) is 0 Å². The molecule has 36 heavy (non-hydrogen) atoms. The molecular formula is C27H31N5O3S. The maximum atomic E-state index is 13.0. The Kier molecular flexibility index (Phi) is 7.20. The highest BCUT2D eigenvalue weighted by atomic mass is 32.1. The van der Waals surface area contributed by atoms with Gasteiger partial charge in [0.25, 0.3) is 5.91 Å². The summed E-state index contributed by atoms with van der Waals surface area (Å²) in [6.45, 7) is 7.96. The van der Waals surface area contributed by atoms with Crippen LogP contribution in [0.4, 0.5) is 0 Å². The van der Waals surface area contributed by atoms with E-state index in [-0.39, 0.29) is 11.8 Å². The average Bonchev–Trinajstić information content (AvgIpc) is 3.63. The van der Waals surface area contributed by atoms with Crippen LogP contribution in [0.25, 0.3) is 10.9 Å². The number of benzene rings is 1. The van der Waals surface area contributed by atoms with Gasteiger partial charge in [-0.3, -0.25) is 14.5 Å². The number of carbonyl (C=O) groups excluding carboxylic acids is 2. The molecule has 1 aromatic carbocycles. The molecule has 0 unspecified atom stereocenters.